The van der Waals surface area contributed by atoms with Gasteiger partial charge in [0.2, 0.25) is 5.91 Å². The van der Waals surface area contributed by atoms with E-state index in [2.05, 4.69) is 10.3 Å². The number of rotatable bonds is 3. The van der Waals surface area contributed by atoms with Crippen LogP contribution in [0.2, 0.25) is 0 Å². The predicted molar refractivity (Wildman–Crippen MR) is 71.7 cm³/mol. The summed E-state index contributed by atoms with van der Waals surface area (Å²) in [6, 6.07) is 7.21. The van der Waals surface area contributed by atoms with Crippen molar-refractivity contribution in [3.8, 4) is 6.07 Å². The molecule has 2 rings (SSSR count). The first-order valence-corrected chi connectivity index (χ1v) is 6.27. The van der Waals surface area contributed by atoms with Gasteiger partial charge in [-0.05, 0) is 12.1 Å². The molecule has 0 saturated carbocycles. The summed E-state index contributed by atoms with van der Waals surface area (Å²) in [7, 11) is 1.81. The van der Waals surface area contributed by atoms with Crippen LogP contribution in [0.4, 0.5) is 5.82 Å². The molecule has 0 bridgehead atoms. The molecule has 0 aromatic carbocycles. The van der Waals surface area contributed by atoms with Crippen molar-refractivity contribution in [3.63, 3.8) is 0 Å². The number of aromatic nitrogens is 1. The minimum atomic E-state index is 0.0909. The van der Waals surface area contributed by atoms with Crippen LogP contribution < -0.4 is 10.2 Å². The van der Waals surface area contributed by atoms with Gasteiger partial charge in [-0.2, -0.15) is 5.26 Å². The van der Waals surface area contributed by atoms with E-state index in [4.69, 9.17) is 5.26 Å². The third-order valence-electron chi connectivity index (χ3n) is 3.08. The Morgan fingerprint density at radius 3 is 2.95 bits per heavy atom. The largest absolute Gasteiger partial charge is 0.350 e. The molecule has 1 saturated heterocycles. The summed E-state index contributed by atoms with van der Waals surface area (Å²) >= 11 is 0. The summed E-state index contributed by atoms with van der Waals surface area (Å²) in [6.07, 6.45) is 0. The van der Waals surface area contributed by atoms with Crippen LogP contribution in [0.15, 0.2) is 18.2 Å². The number of anilines is 1. The Balaban J connectivity index is 1.97. The van der Waals surface area contributed by atoms with E-state index in [0.29, 0.717) is 11.5 Å². The van der Waals surface area contributed by atoms with Crippen molar-refractivity contribution in [2.45, 2.75) is 0 Å². The van der Waals surface area contributed by atoms with E-state index in [1.165, 1.54) is 0 Å². The average Bonchev–Trinajstić information content (AvgIpc) is 2.48. The lowest BCUT2D eigenvalue weighted by atomic mass is 10.3. The molecule has 1 aromatic heterocycles. The molecule has 0 spiro atoms. The molecule has 19 heavy (non-hydrogen) atoms. The van der Waals surface area contributed by atoms with Crippen LogP contribution in [0.3, 0.4) is 0 Å². The van der Waals surface area contributed by atoms with Crippen LogP contribution in [-0.2, 0) is 4.79 Å². The number of likely N-dealkylation sites (N-methyl/N-ethyl adjacent to an activating group) is 1. The molecule has 6 nitrogen and oxygen atoms in total. The van der Waals surface area contributed by atoms with Crippen molar-refractivity contribution in [3.05, 3.63) is 23.9 Å². The zero-order valence-corrected chi connectivity index (χ0v) is 11.0. The van der Waals surface area contributed by atoms with Gasteiger partial charge in [-0.3, -0.25) is 4.79 Å². The zero-order chi connectivity index (χ0) is 13.7. The van der Waals surface area contributed by atoms with Gasteiger partial charge in [0.05, 0.1) is 6.54 Å². The molecule has 1 amide bonds. The van der Waals surface area contributed by atoms with Crippen LogP contribution in [-0.4, -0.2) is 55.6 Å². The Hall–Kier alpha value is -2.13. The number of piperazine rings is 1. The minimum absolute atomic E-state index is 0.0909. The summed E-state index contributed by atoms with van der Waals surface area (Å²) in [6.45, 7) is 3.47. The molecule has 2 heterocycles. The molecule has 0 atom stereocenters. The molecule has 0 unspecified atom stereocenters. The topological polar surface area (TPSA) is 72.3 Å². The lowest BCUT2D eigenvalue weighted by Crippen LogP contribution is -2.49. The van der Waals surface area contributed by atoms with Gasteiger partial charge in [0.25, 0.3) is 0 Å². The fourth-order valence-electron chi connectivity index (χ4n) is 2.00. The lowest BCUT2D eigenvalue weighted by molar-refractivity contribution is -0.130. The monoisotopic (exact) mass is 259 g/mol. The van der Waals surface area contributed by atoms with Crippen molar-refractivity contribution in [1.29, 1.82) is 5.26 Å². The third-order valence-corrected chi connectivity index (χ3v) is 3.08. The van der Waals surface area contributed by atoms with Crippen LogP contribution >= 0.6 is 0 Å². The number of nitrogens with zero attached hydrogens (tertiary/aromatic N) is 4. The van der Waals surface area contributed by atoms with Gasteiger partial charge >= 0.3 is 0 Å². The Labute approximate surface area is 112 Å². The van der Waals surface area contributed by atoms with E-state index in [1.54, 1.807) is 23.1 Å². The number of amides is 1. The van der Waals surface area contributed by atoms with Gasteiger partial charge in [0, 0.05) is 33.2 Å². The maximum atomic E-state index is 12.1. The molecule has 1 aliphatic heterocycles. The lowest BCUT2D eigenvalue weighted by Gasteiger charge is -2.29. The number of pyridine rings is 1. The van der Waals surface area contributed by atoms with E-state index in [0.717, 1.165) is 26.2 Å². The maximum absolute atomic E-state index is 12.1. The highest BCUT2D eigenvalue weighted by Crippen LogP contribution is 2.09. The number of carbonyl (C=O) groups excluding carboxylic acids is 1. The van der Waals surface area contributed by atoms with Crippen LogP contribution in [0.5, 0.6) is 0 Å². The summed E-state index contributed by atoms with van der Waals surface area (Å²) in [5.41, 5.74) is 0.360. The van der Waals surface area contributed by atoms with Gasteiger partial charge in [-0.15, -0.1) is 0 Å². The fraction of sp³-hybridized carbons (Fsp3) is 0.462. The molecule has 1 aliphatic rings. The standard InChI is InChI=1S/C13H17N5O/c1-17(12-4-2-3-11(9-14)16-12)10-13(19)18-7-5-15-6-8-18/h2-4,15H,5-8,10H2,1H3. The van der Waals surface area contributed by atoms with Crippen molar-refractivity contribution >= 4 is 11.7 Å². The number of carbonyl (C=O) groups is 1. The second-order valence-electron chi connectivity index (χ2n) is 4.48. The van der Waals surface area contributed by atoms with Gasteiger partial charge in [0.1, 0.15) is 17.6 Å². The normalized spacial score (nSPS) is 14.8. The van der Waals surface area contributed by atoms with Crippen molar-refractivity contribution < 1.29 is 4.79 Å². The molecule has 1 fully saturated rings. The van der Waals surface area contributed by atoms with E-state index in [9.17, 15) is 4.79 Å². The maximum Gasteiger partial charge on any atom is 0.242 e. The van der Waals surface area contributed by atoms with Crippen molar-refractivity contribution in [2.24, 2.45) is 0 Å². The minimum Gasteiger partial charge on any atom is -0.350 e. The van der Waals surface area contributed by atoms with E-state index >= 15 is 0 Å². The Morgan fingerprint density at radius 2 is 2.26 bits per heavy atom. The SMILES string of the molecule is CN(CC(=O)N1CCNCC1)c1cccc(C#N)n1. The Kier molecular flexibility index (Phi) is 4.31. The smallest absolute Gasteiger partial charge is 0.242 e. The van der Waals surface area contributed by atoms with Crippen LogP contribution in [0.25, 0.3) is 0 Å². The Morgan fingerprint density at radius 1 is 1.53 bits per heavy atom. The number of nitrogens with one attached hydrogen (secondary N) is 1. The highest BCUT2D eigenvalue weighted by Gasteiger charge is 2.18. The quantitative estimate of drug-likeness (QED) is 0.815. The molecule has 1 N–H and O–H groups in total. The molecule has 6 heteroatoms. The molecule has 0 aliphatic carbocycles. The molecule has 100 valence electrons. The van der Waals surface area contributed by atoms with Gasteiger partial charge in [0.15, 0.2) is 0 Å². The number of hydrogen-bond donors (Lipinski definition) is 1. The summed E-state index contributed by atoms with van der Waals surface area (Å²) in [5, 5.41) is 12.0. The summed E-state index contributed by atoms with van der Waals surface area (Å²) in [4.78, 5) is 19.9. The molecular formula is C13H17N5O. The first-order chi connectivity index (χ1) is 9.20. The average molecular weight is 259 g/mol. The first kappa shape index (κ1) is 13.3. The molecular weight excluding hydrogens is 242 g/mol. The second-order valence-corrected chi connectivity index (χ2v) is 4.48. The van der Waals surface area contributed by atoms with Gasteiger partial charge in [-0.1, -0.05) is 6.07 Å². The van der Waals surface area contributed by atoms with Crippen molar-refractivity contribution in [2.75, 3.05) is 44.7 Å². The van der Waals surface area contributed by atoms with Crippen molar-refractivity contribution in [1.82, 2.24) is 15.2 Å². The van der Waals surface area contributed by atoms with E-state index < -0.39 is 0 Å². The highest BCUT2D eigenvalue weighted by molar-refractivity contribution is 5.81. The van der Waals surface area contributed by atoms with Gasteiger partial charge in [-0.25, -0.2) is 4.98 Å². The number of hydrogen-bond acceptors (Lipinski definition) is 5. The van der Waals surface area contributed by atoms with E-state index in [1.807, 2.05) is 18.0 Å². The molecule has 0 radical (unpaired) electrons. The molecule has 1 aromatic rings. The zero-order valence-electron chi connectivity index (χ0n) is 11.0. The summed E-state index contributed by atoms with van der Waals surface area (Å²) < 4.78 is 0. The fourth-order valence-corrected chi connectivity index (χ4v) is 2.00. The third kappa shape index (κ3) is 3.42. The number of nitriles is 1. The van der Waals surface area contributed by atoms with Crippen LogP contribution in [0, 0.1) is 11.3 Å². The first-order valence-electron chi connectivity index (χ1n) is 6.27. The second kappa shape index (κ2) is 6.16. The Bertz CT molecular complexity index is 490. The van der Waals surface area contributed by atoms with Crippen LogP contribution in [0.1, 0.15) is 5.69 Å². The summed E-state index contributed by atoms with van der Waals surface area (Å²) in [5.74, 6) is 0.732. The highest BCUT2D eigenvalue weighted by atomic mass is 16.2. The van der Waals surface area contributed by atoms with E-state index in [-0.39, 0.29) is 12.5 Å². The van der Waals surface area contributed by atoms with Gasteiger partial charge < -0.3 is 15.1 Å². The predicted octanol–water partition coefficient (Wildman–Crippen LogP) is -0.179.